The van der Waals surface area contributed by atoms with Crippen LogP contribution in [0.1, 0.15) is 18.4 Å². The van der Waals surface area contributed by atoms with Gasteiger partial charge in [-0.25, -0.2) is 16.8 Å². The van der Waals surface area contributed by atoms with Crippen molar-refractivity contribution in [2.75, 3.05) is 25.1 Å². The van der Waals surface area contributed by atoms with Crippen LogP contribution in [-0.4, -0.2) is 46.2 Å². The second-order valence-electron chi connectivity index (χ2n) is 5.71. The molecule has 0 aromatic heterocycles. The van der Waals surface area contributed by atoms with Crippen molar-refractivity contribution in [3.63, 3.8) is 0 Å². The van der Waals surface area contributed by atoms with Crippen LogP contribution in [0.2, 0.25) is 0 Å². The summed E-state index contributed by atoms with van der Waals surface area (Å²) in [5.74, 6) is 0.203. The van der Waals surface area contributed by atoms with E-state index >= 15 is 0 Å². The maximum Gasteiger partial charge on any atom is 0.243 e. The van der Waals surface area contributed by atoms with Crippen molar-refractivity contribution < 1.29 is 16.8 Å². The highest BCUT2D eigenvalue weighted by Crippen LogP contribution is 2.26. The lowest BCUT2D eigenvalue weighted by Crippen LogP contribution is -2.40. The molecule has 2 rings (SSSR count). The van der Waals surface area contributed by atoms with E-state index in [1.165, 1.54) is 10.6 Å². The zero-order valence-electron chi connectivity index (χ0n) is 12.3. The van der Waals surface area contributed by atoms with E-state index in [1.807, 2.05) is 6.07 Å². The zero-order valence-corrected chi connectivity index (χ0v) is 14.0. The fraction of sp³-hybridized carbons (Fsp3) is 0.571. The first kappa shape index (κ1) is 16.5. The molecule has 1 aliphatic rings. The molecule has 1 aromatic carbocycles. The fourth-order valence-electron chi connectivity index (χ4n) is 2.73. The molecule has 0 unspecified atom stereocenters. The third kappa shape index (κ3) is 4.05. The van der Waals surface area contributed by atoms with Crippen LogP contribution in [0.25, 0.3) is 0 Å². The van der Waals surface area contributed by atoms with Gasteiger partial charge < -0.3 is 0 Å². The highest BCUT2D eigenvalue weighted by Gasteiger charge is 2.31. The molecule has 0 saturated carbocycles. The average Bonchev–Trinajstić information content (AvgIpc) is 2.37. The quantitative estimate of drug-likeness (QED) is 0.837. The third-order valence-electron chi connectivity index (χ3n) is 3.82. The summed E-state index contributed by atoms with van der Waals surface area (Å²) in [6, 6.07) is 6.93. The Morgan fingerprint density at radius 2 is 1.67 bits per heavy atom. The van der Waals surface area contributed by atoms with E-state index in [2.05, 4.69) is 0 Å². The molecule has 1 aliphatic heterocycles. The molecule has 0 radical (unpaired) electrons. The van der Waals surface area contributed by atoms with Crippen LogP contribution in [0.15, 0.2) is 29.2 Å². The lowest BCUT2D eigenvalue weighted by atomic mass is 10.0. The molecule has 0 aliphatic carbocycles. The Labute approximate surface area is 126 Å². The molecule has 0 N–H and O–H groups in total. The minimum Gasteiger partial charge on any atom is -0.229 e. The lowest BCUT2D eigenvalue weighted by Gasteiger charge is -2.31. The summed E-state index contributed by atoms with van der Waals surface area (Å²) in [7, 11) is -6.48. The summed E-state index contributed by atoms with van der Waals surface area (Å²) in [5, 5.41) is 0. The average molecular weight is 331 g/mol. The number of hydrogen-bond acceptors (Lipinski definition) is 4. The van der Waals surface area contributed by atoms with Crippen LogP contribution >= 0.6 is 0 Å². The Morgan fingerprint density at radius 3 is 2.19 bits per heavy atom. The number of nitrogens with zero attached hydrogens (tertiary/aromatic N) is 1. The number of hydrogen-bond donors (Lipinski definition) is 0. The second-order valence-corrected chi connectivity index (χ2v) is 9.80. The van der Waals surface area contributed by atoms with Crippen LogP contribution in [0, 0.1) is 12.8 Å². The summed E-state index contributed by atoms with van der Waals surface area (Å²) in [5.41, 5.74) is 0.732. The van der Waals surface area contributed by atoms with E-state index in [4.69, 9.17) is 0 Å². The van der Waals surface area contributed by atoms with Gasteiger partial charge in [-0.1, -0.05) is 18.2 Å². The maximum absolute atomic E-state index is 12.6. The van der Waals surface area contributed by atoms with Crippen molar-refractivity contribution in [1.29, 1.82) is 0 Å². The van der Waals surface area contributed by atoms with Crippen molar-refractivity contribution in [3.05, 3.63) is 29.8 Å². The Morgan fingerprint density at radius 1 is 1.10 bits per heavy atom. The number of rotatable bonds is 4. The summed E-state index contributed by atoms with van der Waals surface area (Å²) >= 11 is 0. The normalized spacial score (nSPS) is 18.8. The molecule has 1 fully saturated rings. The van der Waals surface area contributed by atoms with E-state index in [-0.39, 0.29) is 11.7 Å². The number of piperidine rings is 1. The molecular weight excluding hydrogens is 310 g/mol. The number of aryl methyl sites for hydroxylation is 1. The maximum atomic E-state index is 12.6. The van der Waals surface area contributed by atoms with Gasteiger partial charge in [-0.2, -0.15) is 4.31 Å². The minimum atomic E-state index is -3.48. The van der Waals surface area contributed by atoms with E-state index < -0.39 is 19.9 Å². The van der Waals surface area contributed by atoms with E-state index in [1.54, 1.807) is 25.1 Å². The first-order valence-corrected chi connectivity index (χ1v) is 10.4. The largest absolute Gasteiger partial charge is 0.243 e. The summed E-state index contributed by atoms with van der Waals surface area (Å²) in [4.78, 5) is 0.339. The van der Waals surface area contributed by atoms with Gasteiger partial charge in [0.25, 0.3) is 0 Å². The van der Waals surface area contributed by atoms with Gasteiger partial charge in [-0.3, -0.25) is 0 Å². The van der Waals surface area contributed by atoms with Crippen molar-refractivity contribution in [2.45, 2.75) is 24.7 Å². The van der Waals surface area contributed by atoms with Crippen molar-refractivity contribution in [2.24, 2.45) is 5.92 Å². The Hall–Kier alpha value is -0.920. The van der Waals surface area contributed by atoms with Crippen molar-refractivity contribution in [1.82, 2.24) is 4.31 Å². The molecule has 1 heterocycles. The van der Waals surface area contributed by atoms with Crippen LogP contribution in [0.3, 0.4) is 0 Å². The van der Waals surface area contributed by atoms with Crippen LogP contribution in [-0.2, 0) is 19.9 Å². The molecule has 5 nitrogen and oxygen atoms in total. The van der Waals surface area contributed by atoms with E-state index in [0.29, 0.717) is 30.8 Å². The second kappa shape index (κ2) is 6.06. The molecule has 0 atom stereocenters. The van der Waals surface area contributed by atoms with E-state index in [0.717, 1.165) is 5.56 Å². The number of sulfone groups is 1. The molecule has 0 spiro atoms. The monoisotopic (exact) mass is 331 g/mol. The van der Waals surface area contributed by atoms with Gasteiger partial charge in [0.2, 0.25) is 10.0 Å². The topological polar surface area (TPSA) is 71.5 Å². The van der Waals surface area contributed by atoms with Gasteiger partial charge in [-0.15, -0.1) is 0 Å². The third-order valence-corrected chi connectivity index (χ3v) is 6.96. The summed E-state index contributed by atoms with van der Waals surface area (Å²) in [6.07, 6.45) is 2.42. The first-order chi connectivity index (χ1) is 9.70. The van der Waals surface area contributed by atoms with Gasteiger partial charge in [0.15, 0.2) is 0 Å². The highest BCUT2D eigenvalue weighted by molar-refractivity contribution is 7.90. The Kier molecular flexibility index (Phi) is 4.75. The fourth-order valence-corrected chi connectivity index (χ4v) is 5.61. The minimum absolute atomic E-state index is 0.0586. The SMILES string of the molecule is Cc1ccccc1S(=O)(=O)N1CCC(CS(C)(=O)=O)CC1. The molecule has 1 aromatic rings. The molecule has 1 saturated heterocycles. The molecule has 21 heavy (non-hydrogen) atoms. The van der Waals surface area contributed by atoms with Gasteiger partial charge in [0.1, 0.15) is 9.84 Å². The first-order valence-electron chi connectivity index (χ1n) is 6.93. The van der Waals surface area contributed by atoms with Crippen LogP contribution in [0.5, 0.6) is 0 Å². The number of benzene rings is 1. The van der Waals surface area contributed by atoms with Crippen LogP contribution in [0.4, 0.5) is 0 Å². The zero-order chi connectivity index (χ0) is 15.7. The molecular formula is C14H21NO4S2. The smallest absolute Gasteiger partial charge is 0.229 e. The molecule has 7 heteroatoms. The highest BCUT2D eigenvalue weighted by atomic mass is 32.2. The van der Waals surface area contributed by atoms with Gasteiger partial charge >= 0.3 is 0 Å². The Bertz CT molecular complexity index is 702. The summed E-state index contributed by atoms with van der Waals surface area (Å²) in [6.45, 7) is 2.55. The number of sulfonamides is 1. The standard InChI is InChI=1S/C14H21NO4S2/c1-12-5-3-4-6-14(12)21(18,19)15-9-7-13(8-10-15)11-20(2,16)17/h3-6,13H,7-11H2,1-2H3. The predicted octanol–water partition coefficient (Wildman–Crippen LogP) is 1.44. The lowest BCUT2D eigenvalue weighted by molar-refractivity contribution is 0.289. The van der Waals surface area contributed by atoms with Gasteiger partial charge in [-0.05, 0) is 37.3 Å². The predicted molar refractivity (Wildman–Crippen MR) is 82.4 cm³/mol. The molecule has 118 valence electrons. The van der Waals surface area contributed by atoms with Gasteiger partial charge in [0, 0.05) is 19.3 Å². The van der Waals surface area contributed by atoms with Crippen LogP contribution < -0.4 is 0 Å². The molecule has 0 bridgehead atoms. The Balaban J connectivity index is 2.10. The van der Waals surface area contributed by atoms with Crippen molar-refractivity contribution >= 4 is 19.9 Å². The van der Waals surface area contributed by atoms with Crippen molar-refractivity contribution in [3.8, 4) is 0 Å². The molecule has 0 amide bonds. The van der Waals surface area contributed by atoms with E-state index in [9.17, 15) is 16.8 Å². The van der Waals surface area contributed by atoms with Gasteiger partial charge in [0.05, 0.1) is 10.6 Å². The summed E-state index contributed by atoms with van der Waals surface area (Å²) < 4.78 is 49.3.